The zero-order valence-corrected chi connectivity index (χ0v) is 23.1. The first-order chi connectivity index (χ1) is 19.4. The second-order valence-electron chi connectivity index (χ2n) is 11.2. The van der Waals surface area contributed by atoms with E-state index < -0.39 is 0 Å². The number of Topliss-reactive ketones (excluding diaryl/α,β-unsaturated/α-hetero) is 1. The summed E-state index contributed by atoms with van der Waals surface area (Å²) in [4.78, 5) is 31.8. The highest BCUT2D eigenvalue weighted by Crippen LogP contribution is 2.28. The molecule has 3 heterocycles. The number of nitrogens with zero attached hydrogens (tertiary/aromatic N) is 3. The lowest BCUT2D eigenvalue weighted by Gasteiger charge is -2.30. The zero-order valence-electron chi connectivity index (χ0n) is 23.1. The quantitative estimate of drug-likeness (QED) is 0.311. The van der Waals surface area contributed by atoms with Gasteiger partial charge >= 0.3 is 0 Å². The fourth-order valence-corrected chi connectivity index (χ4v) is 5.58. The fourth-order valence-electron chi connectivity index (χ4n) is 5.58. The van der Waals surface area contributed by atoms with Crippen LogP contribution in [0.2, 0.25) is 0 Å². The van der Waals surface area contributed by atoms with Crippen molar-refractivity contribution in [2.24, 2.45) is 5.92 Å². The molecule has 1 amide bonds. The molecular formula is C33H35N5O2. The molecule has 1 saturated heterocycles. The Kier molecular flexibility index (Phi) is 7.22. The van der Waals surface area contributed by atoms with Crippen molar-refractivity contribution in [2.75, 3.05) is 13.1 Å². The summed E-state index contributed by atoms with van der Waals surface area (Å²) in [6.07, 6.45) is 9.62. The molecule has 6 rings (SSSR count). The van der Waals surface area contributed by atoms with Crippen LogP contribution >= 0.6 is 0 Å². The third-order valence-electron chi connectivity index (χ3n) is 8.17. The number of hydrogen-bond donors (Lipinski definition) is 2. The Morgan fingerprint density at radius 2 is 1.93 bits per heavy atom. The van der Waals surface area contributed by atoms with Gasteiger partial charge in [0.15, 0.2) is 5.78 Å². The lowest BCUT2D eigenvalue weighted by Crippen LogP contribution is -2.32. The normalized spacial score (nSPS) is 17.5. The maximum absolute atomic E-state index is 13.0. The topological polar surface area (TPSA) is 83.0 Å². The summed E-state index contributed by atoms with van der Waals surface area (Å²) in [5.74, 6) is 0.588. The molecule has 0 unspecified atom stereocenters. The highest BCUT2D eigenvalue weighted by molar-refractivity contribution is 6.23. The second-order valence-corrected chi connectivity index (χ2v) is 11.2. The van der Waals surface area contributed by atoms with Crippen molar-refractivity contribution >= 4 is 28.2 Å². The molecule has 7 heteroatoms. The molecule has 0 spiro atoms. The van der Waals surface area contributed by atoms with Crippen molar-refractivity contribution < 1.29 is 9.59 Å². The summed E-state index contributed by atoms with van der Waals surface area (Å²) in [6, 6.07) is 18.6. The van der Waals surface area contributed by atoms with Crippen LogP contribution in [-0.4, -0.2) is 44.4 Å². The van der Waals surface area contributed by atoms with Gasteiger partial charge in [0.2, 0.25) is 0 Å². The van der Waals surface area contributed by atoms with Crippen LogP contribution in [-0.2, 0) is 11.3 Å². The van der Waals surface area contributed by atoms with E-state index in [1.165, 1.54) is 18.4 Å². The van der Waals surface area contributed by atoms with E-state index >= 15 is 0 Å². The number of rotatable bonds is 7. The molecule has 0 saturated carbocycles. The molecule has 2 aromatic heterocycles. The Hall–Kier alpha value is -4.23. The van der Waals surface area contributed by atoms with Crippen molar-refractivity contribution in [1.82, 2.24) is 25.0 Å². The predicted molar refractivity (Wildman–Crippen MR) is 158 cm³/mol. The number of piperidine rings is 1. The van der Waals surface area contributed by atoms with Crippen LogP contribution in [0, 0.1) is 5.92 Å². The van der Waals surface area contributed by atoms with Crippen LogP contribution in [0.1, 0.15) is 66.3 Å². The van der Waals surface area contributed by atoms with E-state index in [-0.39, 0.29) is 24.2 Å². The summed E-state index contributed by atoms with van der Waals surface area (Å²) in [7, 11) is 0. The first-order valence-electron chi connectivity index (χ1n) is 14.1. The maximum Gasteiger partial charge on any atom is 0.258 e. The number of H-pyrrole nitrogens is 1. The number of fused-ring (bicyclic) bond motifs is 1. The predicted octanol–water partition coefficient (Wildman–Crippen LogP) is 5.88. The number of allylic oxidation sites excluding steroid dienone is 3. The van der Waals surface area contributed by atoms with Crippen molar-refractivity contribution in [3.8, 4) is 0 Å². The van der Waals surface area contributed by atoms with E-state index in [1.807, 2.05) is 43.3 Å². The number of likely N-dealkylation sites (tertiary alicyclic amines) is 1. The molecule has 4 aromatic rings. The van der Waals surface area contributed by atoms with Gasteiger partial charge in [-0.3, -0.25) is 19.2 Å². The molecule has 2 aliphatic rings. The molecule has 1 fully saturated rings. The minimum Gasteiger partial charge on any atom is -0.354 e. The van der Waals surface area contributed by atoms with E-state index in [0.717, 1.165) is 47.7 Å². The first kappa shape index (κ1) is 26.0. The van der Waals surface area contributed by atoms with Crippen molar-refractivity contribution in [3.63, 3.8) is 0 Å². The van der Waals surface area contributed by atoms with Crippen LogP contribution in [0.3, 0.4) is 0 Å². The Morgan fingerprint density at radius 1 is 1.12 bits per heavy atom. The van der Waals surface area contributed by atoms with Crippen LogP contribution in [0.5, 0.6) is 0 Å². The van der Waals surface area contributed by atoms with Crippen molar-refractivity contribution in [2.45, 2.75) is 45.7 Å². The van der Waals surface area contributed by atoms with Gasteiger partial charge in [-0.1, -0.05) is 49.4 Å². The number of hydrogen-bond acceptors (Lipinski definition) is 4. The summed E-state index contributed by atoms with van der Waals surface area (Å²) in [6.45, 7) is 7.62. The Balaban J connectivity index is 1.15. The molecule has 40 heavy (non-hydrogen) atoms. The standard InChI is InChI=1S/C33H35N5O2/c1-22-12-14-37(15-13-22)20-24-8-10-30-26(16-24)17-31(36-30)29-18-28(9-11-32(29)39)35-33(40)27-19-34-38(21-27)23(2)25-6-4-3-5-7-25/h3-10,16-19,21-23,36H,11-15,20H2,1-2H3,(H,35,40)/t23-/m1/s1. The molecule has 0 radical (unpaired) electrons. The van der Waals surface area contributed by atoms with Crippen LogP contribution in [0.15, 0.2) is 84.8 Å². The summed E-state index contributed by atoms with van der Waals surface area (Å²) in [5, 5.41) is 8.46. The van der Waals surface area contributed by atoms with Gasteiger partial charge < -0.3 is 10.3 Å². The molecule has 1 aliphatic carbocycles. The van der Waals surface area contributed by atoms with Gasteiger partial charge in [0, 0.05) is 41.3 Å². The van der Waals surface area contributed by atoms with Crippen molar-refractivity contribution in [3.05, 3.63) is 107 Å². The van der Waals surface area contributed by atoms with Crippen molar-refractivity contribution in [1.29, 1.82) is 0 Å². The number of benzene rings is 2. The SMILES string of the molecule is CC1CCN(Cc2ccc3[nH]c(C4=CC(NC(=O)c5cnn([C@H](C)c6ccccc6)c5)=CCC4=O)cc3c2)CC1. The van der Waals surface area contributed by atoms with E-state index in [2.05, 4.69) is 45.4 Å². The molecule has 204 valence electrons. The Bertz CT molecular complexity index is 1600. The van der Waals surface area contributed by atoms with Gasteiger partial charge in [0.1, 0.15) is 0 Å². The summed E-state index contributed by atoms with van der Waals surface area (Å²) >= 11 is 0. The first-order valence-corrected chi connectivity index (χ1v) is 14.1. The van der Waals surface area contributed by atoms with Gasteiger partial charge in [-0.05, 0) is 74.2 Å². The van der Waals surface area contributed by atoms with Crippen LogP contribution in [0.4, 0.5) is 0 Å². The highest BCUT2D eigenvalue weighted by Gasteiger charge is 2.21. The van der Waals surface area contributed by atoms with Gasteiger partial charge in [0.05, 0.1) is 23.5 Å². The van der Waals surface area contributed by atoms with E-state index in [0.29, 0.717) is 16.8 Å². The smallest absolute Gasteiger partial charge is 0.258 e. The van der Waals surface area contributed by atoms with Gasteiger partial charge in [0.25, 0.3) is 5.91 Å². The fraction of sp³-hybridized carbons (Fsp3) is 0.303. The monoisotopic (exact) mass is 533 g/mol. The second kappa shape index (κ2) is 11.1. The lowest BCUT2D eigenvalue weighted by molar-refractivity contribution is -0.113. The van der Waals surface area contributed by atoms with Crippen LogP contribution < -0.4 is 5.32 Å². The lowest BCUT2D eigenvalue weighted by atomic mass is 9.98. The van der Waals surface area contributed by atoms with Gasteiger partial charge in [-0.15, -0.1) is 0 Å². The number of carbonyl (C=O) groups excluding carboxylic acids is 2. The number of nitrogens with one attached hydrogen (secondary N) is 2. The van der Waals surface area contributed by atoms with E-state index in [1.54, 1.807) is 29.2 Å². The molecule has 7 nitrogen and oxygen atoms in total. The van der Waals surface area contributed by atoms with Crippen LogP contribution in [0.25, 0.3) is 16.5 Å². The number of carbonyl (C=O) groups is 2. The molecule has 0 bridgehead atoms. The largest absolute Gasteiger partial charge is 0.354 e. The number of aromatic amines is 1. The molecule has 2 N–H and O–H groups in total. The Labute approximate surface area is 234 Å². The highest BCUT2D eigenvalue weighted by atomic mass is 16.1. The average molecular weight is 534 g/mol. The van der Waals surface area contributed by atoms with Gasteiger partial charge in [-0.25, -0.2) is 0 Å². The Morgan fingerprint density at radius 3 is 2.73 bits per heavy atom. The zero-order chi connectivity index (χ0) is 27.6. The maximum atomic E-state index is 13.0. The molecule has 2 aromatic carbocycles. The van der Waals surface area contributed by atoms with E-state index in [4.69, 9.17) is 0 Å². The minimum atomic E-state index is -0.254. The number of amides is 1. The molecule has 1 atom stereocenters. The average Bonchev–Trinajstić information content (AvgIpc) is 3.63. The third-order valence-corrected chi connectivity index (χ3v) is 8.17. The minimum absolute atomic E-state index is 0.00634. The number of aromatic nitrogens is 3. The summed E-state index contributed by atoms with van der Waals surface area (Å²) < 4.78 is 1.79. The molecule has 1 aliphatic heterocycles. The number of ketones is 1. The summed E-state index contributed by atoms with van der Waals surface area (Å²) in [5.41, 5.74) is 5.83. The molecular weight excluding hydrogens is 498 g/mol. The third kappa shape index (κ3) is 5.56. The van der Waals surface area contributed by atoms with Gasteiger partial charge in [-0.2, -0.15) is 5.10 Å². The van der Waals surface area contributed by atoms with E-state index in [9.17, 15) is 9.59 Å².